The maximum atomic E-state index is 13.6. The first-order valence-electron chi connectivity index (χ1n) is 7.00. The maximum Gasteiger partial charge on any atom is 0.521 e. The van der Waals surface area contributed by atoms with Crippen LogP contribution in [0.15, 0.2) is 0 Å². The molecule has 1 N–H and O–H groups in total. The van der Waals surface area contributed by atoms with Gasteiger partial charge in [0.05, 0.1) is 6.17 Å². The quantitative estimate of drug-likeness (QED) is 0.318. The highest BCUT2D eigenvalue weighted by molar-refractivity contribution is 6.61. The van der Waals surface area contributed by atoms with E-state index in [2.05, 4.69) is 5.32 Å². The molecule has 0 saturated heterocycles. The van der Waals surface area contributed by atoms with Crippen LogP contribution in [0.25, 0.3) is 0 Å². The average molecular weight is 359 g/mol. The minimum absolute atomic E-state index is 0.199. The Hall–Kier alpha value is -1.23. The third-order valence-corrected chi connectivity index (χ3v) is 5.58. The number of hydrogen-bond donors (Lipinski definition) is 1. The zero-order chi connectivity index (χ0) is 17.6. The predicted octanol–water partition coefficient (Wildman–Crippen LogP) is 3.38. The molecule has 0 fully saturated rings. The summed E-state index contributed by atoms with van der Waals surface area (Å²) in [4.78, 5) is 0. The highest BCUT2D eigenvalue weighted by atomic mass is 28.4. The third kappa shape index (κ3) is 4.40. The molecular formula is C13H18F5NO3Si. The van der Waals surface area contributed by atoms with Crippen LogP contribution in [-0.2, 0) is 13.3 Å². The topological polar surface area (TPSA) is 39.7 Å². The standard InChI is InChI=1S/C13H18F5NO3Si/c1-4-20-23(21-5-2,22-6-3)7-19-13-11(17)9(15)8(14)10(16)12(13)18/h19H,4-7H2,1-3H3. The fourth-order valence-electron chi connectivity index (χ4n) is 1.89. The molecule has 0 amide bonds. The van der Waals surface area contributed by atoms with Crippen molar-refractivity contribution in [2.75, 3.05) is 31.3 Å². The van der Waals surface area contributed by atoms with Gasteiger partial charge in [-0.1, -0.05) is 0 Å². The van der Waals surface area contributed by atoms with Crippen molar-refractivity contribution in [1.29, 1.82) is 0 Å². The summed E-state index contributed by atoms with van der Waals surface area (Å²) in [6, 6.07) is 0. The Bertz CT molecular complexity index is 501. The lowest BCUT2D eigenvalue weighted by Gasteiger charge is -2.29. The van der Waals surface area contributed by atoms with Gasteiger partial charge in [-0.3, -0.25) is 0 Å². The molecule has 10 heteroatoms. The van der Waals surface area contributed by atoms with Crippen molar-refractivity contribution in [3.8, 4) is 0 Å². The predicted molar refractivity (Wildman–Crippen MR) is 75.4 cm³/mol. The van der Waals surface area contributed by atoms with E-state index in [1.807, 2.05) is 0 Å². The van der Waals surface area contributed by atoms with E-state index in [4.69, 9.17) is 13.3 Å². The van der Waals surface area contributed by atoms with Crippen molar-refractivity contribution < 1.29 is 35.2 Å². The number of halogens is 5. The van der Waals surface area contributed by atoms with Gasteiger partial charge in [0, 0.05) is 19.8 Å². The van der Waals surface area contributed by atoms with E-state index in [0.29, 0.717) is 0 Å². The van der Waals surface area contributed by atoms with Gasteiger partial charge in [0.15, 0.2) is 23.3 Å². The molecule has 1 rings (SSSR count). The number of nitrogens with one attached hydrogen (secondary N) is 1. The van der Waals surface area contributed by atoms with E-state index in [1.165, 1.54) is 0 Å². The molecule has 23 heavy (non-hydrogen) atoms. The lowest BCUT2D eigenvalue weighted by Crippen LogP contribution is -2.52. The molecular weight excluding hydrogens is 341 g/mol. The molecule has 0 aromatic heterocycles. The Kier molecular flexibility index (Phi) is 7.38. The second kappa shape index (κ2) is 8.57. The maximum absolute atomic E-state index is 13.6. The Morgan fingerprint density at radius 2 is 1.04 bits per heavy atom. The van der Waals surface area contributed by atoms with Gasteiger partial charge >= 0.3 is 8.80 Å². The molecule has 4 nitrogen and oxygen atoms in total. The second-order valence-electron chi connectivity index (χ2n) is 4.28. The summed E-state index contributed by atoms with van der Waals surface area (Å²) in [5.74, 6) is -10.2. The zero-order valence-electron chi connectivity index (χ0n) is 12.9. The van der Waals surface area contributed by atoms with Crippen LogP contribution in [0.2, 0.25) is 0 Å². The zero-order valence-corrected chi connectivity index (χ0v) is 13.9. The highest BCUT2D eigenvalue weighted by Gasteiger charge is 2.41. The van der Waals surface area contributed by atoms with Gasteiger partial charge in [0.1, 0.15) is 5.69 Å². The van der Waals surface area contributed by atoms with E-state index in [-0.39, 0.29) is 26.0 Å². The van der Waals surface area contributed by atoms with Gasteiger partial charge in [-0.2, -0.15) is 0 Å². The van der Waals surface area contributed by atoms with Gasteiger partial charge in [-0.05, 0) is 20.8 Å². The third-order valence-electron chi connectivity index (χ3n) is 2.78. The van der Waals surface area contributed by atoms with Gasteiger partial charge in [-0.15, -0.1) is 0 Å². The normalized spacial score (nSPS) is 11.8. The van der Waals surface area contributed by atoms with Crippen LogP contribution in [0, 0.1) is 29.1 Å². The van der Waals surface area contributed by atoms with E-state index in [0.717, 1.165) is 0 Å². The average Bonchev–Trinajstić information content (AvgIpc) is 2.52. The van der Waals surface area contributed by atoms with Crippen LogP contribution in [0.3, 0.4) is 0 Å². The van der Waals surface area contributed by atoms with Crippen molar-refractivity contribution in [3.05, 3.63) is 29.1 Å². The summed E-state index contributed by atoms with van der Waals surface area (Å²) in [7, 11) is -3.36. The first kappa shape index (κ1) is 19.8. The molecule has 132 valence electrons. The van der Waals surface area contributed by atoms with E-state index in [9.17, 15) is 22.0 Å². The summed E-state index contributed by atoms with van der Waals surface area (Å²) in [5.41, 5.74) is -1.14. The van der Waals surface area contributed by atoms with Crippen molar-refractivity contribution in [2.45, 2.75) is 20.8 Å². The van der Waals surface area contributed by atoms with Crippen LogP contribution >= 0.6 is 0 Å². The van der Waals surface area contributed by atoms with E-state index >= 15 is 0 Å². The molecule has 0 aliphatic heterocycles. The fourth-order valence-corrected chi connectivity index (χ4v) is 4.16. The van der Waals surface area contributed by atoms with Crippen molar-refractivity contribution in [3.63, 3.8) is 0 Å². The minimum Gasteiger partial charge on any atom is -0.376 e. The molecule has 0 aliphatic carbocycles. The molecule has 0 bridgehead atoms. The molecule has 0 unspecified atom stereocenters. The fraction of sp³-hybridized carbons (Fsp3) is 0.538. The molecule has 1 aromatic rings. The molecule has 0 atom stereocenters. The number of rotatable bonds is 9. The number of hydrogen-bond acceptors (Lipinski definition) is 4. The summed E-state index contributed by atoms with van der Waals surface area (Å²) in [6.45, 7) is 5.59. The van der Waals surface area contributed by atoms with Gasteiger partial charge in [0.25, 0.3) is 0 Å². The van der Waals surface area contributed by atoms with Gasteiger partial charge < -0.3 is 18.6 Å². The monoisotopic (exact) mass is 359 g/mol. The van der Waals surface area contributed by atoms with Gasteiger partial charge in [0.2, 0.25) is 5.82 Å². The van der Waals surface area contributed by atoms with Crippen LogP contribution < -0.4 is 5.32 Å². The van der Waals surface area contributed by atoms with E-state index < -0.39 is 43.6 Å². The van der Waals surface area contributed by atoms with Crippen LogP contribution in [-0.4, -0.2) is 34.8 Å². The molecule has 0 saturated carbocycles. The van der Waals surface area contributed by atoms with Crippen LogP contribution in [0.5, 0.6) is 0 Å². The van der Waals surface area contributed by atoms with E-state index in [1.54, 1.807) is 20.8 Å². The second-order valence-corrected chi connectivity index (χ2v) is 6.87. The Morgan fingerprint density at radius 1 is 0.696 bits per heavy atom. The molecule has 0 heterocycles. The highest BCUT2D eigenvalue weighted by Crippen LogP contribution is 2.27. The van der Waals surface area contributed by atoms with Gasteiger partial charge in [-0.25, -0.2) is 22.0 Å². The Morgan fingerprint density at radius 3 is 1.39 bits per heavy atom. The molecule has 0 radical (unpaired) electrons. The first-order valence-corrected chi connectivity index (χ1v) is 8.93. The largest absolute Gasteiger partial charge is 0.521 e. The molecule has 0 spiro atoms. The lowest BCUT2D eigenvalue weighted by atomic mass is 10.2. The number of benzene rings is 1. The lowest BCUT2D eigenvalue weighted by molar-refractivity contribution is 0.0740. The Labute approximate surface area is 131 Å². The number of anilines is 1. The van der Waals surface area contributed by atoms with Crippen LogP contribution in [0.1, 0.15) is 20.8 Å². The van der Waals surface area contributed by atoms with Crippen LogP contribution in [0.4, 0.5) is 27.6 Å². The summed E-state index contributed by atoms with van der Waals surface area (Å²) in [5, 5.41) is 2.18. The van der Waals surface area contributed by atoms with Crippen molar-refractivity contribution >= 4 is 14.5 Å². The smallest absolute Gasteiger partial charge is 0.376 e. The SMILES string of the molecule is CCO[Si](CNc1c(F)c(F)c(F)c(F)c1F)(OCC)OCC. The van der Waals surface area contributed by atoms with Crippen molar-refractivity contribution in [1.82, 2.24) is 0 Å². The Balaban J connectivity index is 3.11. The minimum atomic E-state index is -3.36. The van der Waals surface area contributed by atoms with Crippen molar-refractivity contribution in [2.24, 2.45) is 0 Å². The molecule has 1 aromatic carbocycles. The summed E-state index contributed by atoms with van der Waals surface area (Å²) < 4.78 is 82.9. The molecule has 0 aliphatic rings. The summed E-state index contributed by atoms with van der Waals surface area (Å²) >= 11 is 0. The summed E-state index contributed by atoms with van der Waals surface area (Å²) in [6.07, 6.45) is -0.346. The first-order chi connectivity index (χ1) is 10.8.